The molecule has 2 aromatic rings. The monoisotopic (exact) mass is 350 g/mol. The normalized spacial score (nSPS) is 21.0. The molecule has 136 valence electrons. The van der Waals surface area contributed by atoms with E-state index in [0.29, 0.717) is 18.0 Å². The lowest BCUT2D eigenvalue weighted by Gasteiger charge is -2.40. The summed E-state index contributed by atoms with van der Waals surface area (Å²) in [5, 5.41) is 0. The molecule has 3 heterocycles. The van der Waals surface area contributed by atoms with Crippen LogP contribution in [-0.2, 0) is 0 Å². The first-order valence-corrected chi connectivity index (χ1v) is 9.92. The van der Waals surface area contributed by atoms with Crippen molar-refractivity contribution in [2.75, 3.05) is 22.9 Å². The van der Waals surface area contributed by atoms with E-state index >= 15 is 0 Å². The van der Waals surface area contributed by atoms with Crippen molar-refractivity contribution in [3.05, 3.63) is 36.2 Å². The molecule has 3 fully saturated rings. The summed E-state index contributed by atoms with van der Waals surface area (Å²) in [6.07, 6.45) is 12.8. The van der Waals surface area contributed by atoms with Crippen molar-refractivity contribution < 1.29 is 0 Å². The summed E-state index contributed by atoms with van der Waals surface area (Å²) in [5.74, 6) is 2.88. The molecule has 6 nitrogen and oxygen atoms in total. The molecule has 2 aromatic heterocycles. The maximum absolute atomic E-state index is 4.68. The third-order valence-corrected chi connectivity index (χ3v) is 5.82. The lowest BCUT2D eigenvalue weighted by molar-refractivity contribution is 0.456. The first-order valence-electron chi connectivity index (χ1n) is 9.92. The van der Waals surface area contributed by atoms with Crippen molar-refractivity contribution >= 4 is 11.6 Å². The van der Waals surface area contributed by atoms with Gasteiger partial charge in [-0.05, 0) is 45.4 Å². The van der Waals surface area contributed by atoms with Crippen LogP contribution in [0.25, 0.3) is 0 Å². The summed E-state index contributed by atoms with van der Waals surface area (Å²) in [5.41, 5.74) is 2.27. The van der Waals surface area contributed by atoms with Crippen LogP contribution in [0.4, 0.5) is 11.6 Å². The van der Waals surface area contributed by atoms with Gasteiger partial charge in [0.15, 0.2) is 5.82 Å². The van der Waals surface area contributed by atoms with Gasteiger partial charge in [-0.1, -0.05) is 0 Å². The Morgan fingerprint density at radius 3 is 2.31 bits per heavy atom. The van der Waals surface area contributed by atoms with Crippen LogP contribution in [0, 0.1) is 6.92 Å². The molecule has 0 atom stereocenters. The van der Waals surface area contributed by atoms with Crippen LogP contribution in [-0.4, -0.2) is 45.1 Å². The fourth-order valence-electron chi connectivity index (χ4n) is 4.19. The quantitative estimate of drug-likeness (QED) is 0.826. The minimum absolute atomic E-state index is 0.564. The third-order valence-electron chi connectivity index (χ3n) is 5.82. The predicted octanol–water partition coefficient (Wildman–Crippen LogP) is 3.09. The van der Waals surface area contributed by atoms with Crippen LogP contribution in [0.5, 0.6) is 0 Å². The molecule has 6 heteroatoms. The zero-order valence-electron chi connectivity index (χ0n) is 15.4. The fraction of sp³-hybridized carbons (Fsp3) is 0.600. The molecule has 0 aromatic carbocycles. The largest absolute Gasteiger partial charge is 0.355 e. The van der Waals surface area contributed by atoms with E-state index in [1.165, 1.54) is 31.4 Å². The second-order valence-corrected chi connectivity index (χ2v) is 7.91. The average molecular weight is 350 g/mol. The predicted molar refractivity (Wildman–Crippen MR) is 102 cm³/mol. The van der Waals surface area contributed by atoms with E-state index in [-0.39, 0.29) is 0 Å². The van der Waals surface area contributed by atoms with E-state index in [1.54, 1.807) is 6.33 Å². The molecule has 0 amide bonds. The van der Waals surface area contributed by atoms with Gasteiger partial charge in [0, 0.05) is 55.2 Å². The van der Waals surface area contributed by atoms with Crippen molar-refractivity contribution in [2.24, 2.45) is 0 Å². The van der Waals surface area contributed by atoms with Crippen molar-refractivity contribution in [1.29, 1.82) is 0 Å². The van der Waals surface area contributed by atoms with Gasteiger partial charge in [0.2, 0.25) is 0 Å². The second kappa shape index (κ2) is 6.49. The zero-order valence-corrected chi connectivity index (χ0v) is 15.4. The molecule has 1 saturated heterocycles. The molecule has 1 aliphatic heterocycles. The average Bonchev–Trinajstić information content (AvgIpc) is 3.56. The highest BCUT2D eigenvalue weighted by Crippen LogP contribution is 2.43. The molecule has 0 N–H and O–H groups in total. The number of rotatable bonds is 5. The summed E-state index contributed by atoms with van der Waals surface area (Å²) in [6.45, 7) is 4.15. The maximum atomic E-state index is 4.68. The number of aromatic nitrogens is 4. The Morgan fingerprint density at radius 1 is 0.885 bits per heavy atom. The van der Waals surface area contributed by atoms with E-state index in [1.807, 2.05) is 19.3 Å². The van der Waals surface area contributed by atoms with Crippen LogP contribution in [0.3, 0.4) is 0 Å². The van der Waals surface area contributed by atoms with E-state index < -0.39 is 0 Å². The van der Waals surface area contributed by atoms with E-state index in [0.717, 1.165) is 43.3 Å². The van der Waals surface area contributed by atoms with Crippen LogP contribution in [0.15, 0.2) is 24.8 Å². The number of aryl methyl sites for hydroxylation is 1. The lowest BCUT2D eigenvalue weighted by atomic mass is 10.0. The molecule has 5 rings (SSSR count). The molecule has 26 heavy (non-hydrogen) atoms. The number of piperidine rings is 1. The van der Waals surface area contributed by atoms with Crippen LogP contribution in [0.1, 0.15) is 55.8 Å². The van der Waals surface area contributed by atoms with Crippen LogP contribution >= 0.6 is 0 Å². The highest BCUT2D eigenvalue weighted by atomic mass is 15.3. The van der Waals surface area contributed by atoms with Crippen molar-refractivity contribution in [2.45, 2.75) is 63.5 Å². The summed E-state index contributed by atoms with van der Waals surface area (Å²) in [4.78, 5) is 23.2. The molecular formula is C20H26N6. The second-order valence-electron chi connectivity index (χ2n) is 7.91. The maximum Gasteiger partial charge on any atom is 0.150 e. The lowest BCUT2D eigenvalue weighted by Crippen LogP contribution is -2.47. The van der Waals surface area contributed by atoms with Gasteiger partial charge >= 0.3 is 0 Å². The van der Waals surface area contributed by atoms with Crippen molar-refractivity contribution in [1.82, 2.24) is 19.9 Å². The van der Waals surface area contributed by atoms with E-state index in [9.17, 15) is 0 Å². The fourth-order valence-corrected chi connectivity index (χ4v) is 4.19. The third kappa shape index (κ3) is 3.13. The Labute approximate surface area is 154 Å². The highest BCUT2D eigenvalue weighted by Gasteiger charge is 2.37. The molecule has 2 saturated carbocycles. The van der Waals surface area contributed by atoms with Gasteiger partial charge in [-0.25, -0.2) is 15.0 Å². The summed E-state index contributed by atoms with van der Waals surface area (Å²) in [7, 11) is 0. The molecular weight excluding hydrogens is 324 g/mol. The Kier molecular flexibility index (Phi) is 3.98. The van der Waals surface area contributed by atoms with Gasteiger partial charge in [0.25, 0.3) is 0 Å². The van der Waals surface area contributed by atoms with Gasteiger partial charge in [0.1, 0.15) is 12.1 Å². The van der Waals surface area contributed by atoms with E-state index in [2.05, 4.69) is 35.8 Å². The van der Waals surface area contributed by atoms with E-state index in [4.69, 9.17) is 0 Å². The van der Waals surface area contributed by atoms with Crippen LogP contribution in [0.2, 0.25) is 0 Å². The van der Waals surface area contributed by atoms with Crippen molar-refractivity contribution in [3.63, 3.8) is 0 Å². The standard InChI is InChI=1S/C20H26N6/c1-14-12-18(24-13-23-14)26(16-4-5-16)17-6-10-25(11-7-17)20-19(15-2-3-15)21-8-9-22-20/h8-9,12-13,15-17H,2-7,10-11H2,1H3. The zero-order chi connectivity index (χ0) is 17.5. The summed E-state index contributed by atoms with van der Waals surface area (Å²) < 4.78 is 0. The Bertz CT molecular complexity index is 777. The minimum atomic E-state index is 0.564. The highest BCUT2D eigenvalue weighted by molar-refractivity contribution is 5.48. The molecule has 2 aliphatic carbocycles. The molecule has 3 aliphatic rings. The molecule has 0 spiro atoms. The summed E-state index contributed by atoms with van der Waals surface area (Å²) >= 11 is 0. The minimum Gasteiger partial charge on any atom is -0.355 e. The van der Waals surface area contributed by atoms with Gasteiger partial charge in [-0.15, -0.1) is 0 Å². The molecule has 0 radical (unpaired) electrons. The van der Waals surface area contributed by atoms with Crippen molar-refractivity contribution in [3.8, 4) is 0 Å². The first kappa shape index (κ1) is 16.0. The number of hydrogen-bond acceptors (Lipinski definition) is 6. The Balaban J connectivity index is 1.32. The summed E-state index contributed by atoms with van der Waals surface area (Å²) in [6, 6.07) is 3.37. The molecule has 0 bridgehead atoms. The SMILES string of the molecule is Cc1cc(N(C2CC2)C2CCN(c3nccnc3C3CC3)CC2)ncn1. The van der Waals surface area contributed by atoms with Gasteiger partial charge in [-0.3, -0.25) is 4.98 Å². The van der Waals surface area contributed by atoms with Crippen LogP contribution < -0.4 is 9.80 Å². The van der Waals surface area contributed by atoms with Gasteiger partial charge in [-0.2, -0.15) is 0 Å². The topological polar surface area (TPSA) is 58.0 Å². The smallest absolute Gasteiger partial charge is 0.150 e. The number of anilines is 2. The van der Waals surface area contributed by atoms with Gasteiger partial charge < -0.3 is 9.80 Å². The van der Waals surface area contributed by atoms with Gasteiger partial charge in [0.05, 0.1) is 5.69 Å². The Morgan fingerprint density at radius 2 is 1.62 bits per heavy atom. The number of hydrogen-bond donors (Lipinski definition) is 0. The Hall–Kier alpha value is -2.24. The number of nitrogens with zero attached hydrogens (tertiary/aromatic N) is 6. The first-order chi connectivity index (χ1) is 12.8. The molecule has 0 unspecified atom stereocenters.